The van der Waals surface area contributed by atoms with E-state index in [9.17, 15) is 5.11 Å². The van der Waals surface area contributed by atoms with E-state index >= 15 is 0 Å². The summed E-state index contributed by atoms with van der Waals surface area (Å²) in [5.41, 5.74) is 1.08. The first-order chi connectivity index (χ1) is 9.79. The maximum Gasteiger partial charge on any atom is 0.174 e. The highest BCUT2D eigenvalue weighted by atomic mass is 16.5. The summed E-state index contributed by atoms with van der Waals surface area (Å²) in [6.45, 7) is 1.80. The molecule has 1 aliphatic rings. The summed E-state index contributed by atoms with van der Waals surface area (Å²) < 4.78 is 5.41. The van der Waals surface area contributed by atoms with E-state index in [1.165, 1.54) is 0 Å². The monoisotopic (exact) mass is 274 g/mol. The Morgan fingerprint density at radius 1 is 1.25 bits per heavy atom. The van der Waals surface area contributed by atoms with Gasteiger partial charge in [-0.15, -0.1) is 0 Å². The van der Waals surface area contributed by atoms with E-state index in [1.807, 2.05) is 30.3 Å². The van der Waals surface area contributed by atoms with Crippen LogP contribution in [0.25, 0.3) is 0 Å². The minimum atomic E-state index is -0.0913. The van der Waals surface area contributed by atoms with Crippen LogP contribution in [0.1, 0.15) is 31.2 Å². The molecule has 20 heavy (non-hydrogen) atoms. The number of rotatable bonds is 6. The summed E-state index contributed by atoms with van der Waals surface area (Å²) in [5, 5.41) is 21.5. The van der Waals surface area contributed by atoms with Gasteiger partial charge in [0.25, 0.3) is 0 Å². The summed E-state index contributed by atoms with van der Waals surface area (Å²) in [6, 6.07) is 9.80. The SMILES string of the molecule is N#CCOc1ccccc1CNCC1CCC(O)CC1. The third-order valence-corrected chi connectivity index (χ3v) is 3.83. The van der Waals surface area contributed by atoms with Crippen molar-refractivity contribution in [2.75, 3.05) is 13.2 Å². The average molecular weight is 274 g/mol. The lowest BCUT2D eigenvalue weighted by molar-refractivity contribution is 0.108. The number of nitriles is 1. The van der Waals surface area contributed by atoms with Crippen molar-refractivity contribution in [3.05, 3.63) is 29.8 Å². The molecule has 4 nitrogen and oxygen atoms in total. The van der Waals surface area contributed by atoms with Gasteiger partial charge in [-0.3, -0.25) is 0 Å². The highest BCUT2D eigenvalue weighted by Crippen LogP contribution is 2.24. The van der Waals surface area contributed by atoms with Crippen molar-refractivity contribution in [3.8, 4) is 11.8 Å². The van der Waals surface area contributed by atoms with E-state index in [2.05, 4.69) is 5.32 Å². The van der Waals surface area contributed by atoms with Crippen molar-refractivity contribution in [2.45, 2.75) is 38.3 Å². The lowest BCUT2D eigenvalue weighted by Crippen LogP contribution is -2.27. The molecule has 1 saturated carbocycles. The molecular weight excluding hydrogens is 252 g/mol. The molecule has 108 valence electrons. The topological polar surface area (TPSA) is 65.3 Å². The molecule has 0 heterocycles. The molecule has 1 aliphatic carbocycles. The van der Waals surface area contributed by atoms with Gasteiger partial charge in [-0.25, -0.2) is 0 Å². The van der Waals surface area contributed by atoms with Gasteiger partial charge >= 0.3 is 0 Å². The first-order valence-corrected chi connectivity index (χ1v) is 7.26. The van der Waals surface area contributed by atoms with Crippen molar-refractivity contribution in [3.63, 3.8) is 0 Å². The van der Waals surface area contributed by atoms with E-state index in [1.54, 1.807) is 0 Å². The average Bonchev–Trinajstić information content (AvgIpc) is 2.48. The minimum absolute atomic E-state index is 0.0809. The van der Waals surface area contributed by atoms with Crippen LogP contribution >= 0.6 is 0 Å². The first-order valence-electron chi connectivity index (χ1n) is 7.26. The van der Waals surface area contributed by atoms with Gasteiger partial charge in [0.1, 0.15) is 11.8 Å². The maximum atomic E-state index is 9.49. The minimum Gasteiger partial charge on any atom is -0.478 e. The van der Waals surface area contributed by atoms with Gasteiger partial charge in [-0.05, 0) is 44.2 Å². The number of hydrogen-bond acceptors (Lipinski definition) is 4. The summed E-state index contributed by atoms with van der Waals surface area (Å²) in [5.74, 6) is 1.44. The number of aliphatic hydroxyl groups excluding tert-OH is 1. The number of aliphatic hydroxyl groups is 1. The second-order valence-corrected chi connectivity index (χ2v) is 5.36. The molecule has 0 aromatic heterocycles. The second-order valence-electron chi connectivity index (χ2n) is 5.36. The van der Waals surface area contributed by atoms with Gasteiger partial charge in [-0.2, -0.15) is 5.26 Å². The standard InChI is InChI=1S/C16H22N2O2/c17-9-10-20-16-4-2-1-3-14(16)12-18-11-13-5-7-15(19)8-6-13/h1-4,13,15,18-19H,5-8,10-12H2. The fourth-order valence-corrected chi connectivity index (χ4v) is 2.66. The number of benzene rings is 1. The number of hydrogen-bond donors (Lipinski definition) is 2. The predicted molar refractivity (Wildman–Crippen MR) is 77.2 cm³/mol. The summed E-state index contributed by atoms with van der Waals surface area (Å²) in [6.07, 6.45) is 3.95. The quantitative estimate of drug-likeness (QED) is 0.835. The largest absolute Gasteiger partial charge is 0.478 e. The normalized spacial score (nSPS) is 22.2. The molecule has 0 spiro atoms. The van der Waals surface area contributed by atoms with Crippen LogP contribution in [0, 0.1) is 17.2 Å². The summed E-state index contributed by atoms with van der Waals surface area (Å²) in [7, 11) is 0. The van der Waals surface area contributed by atoms with Crippen molar-refractivity contribution in [1.29, 1.82) is 5.26 Å². The van der Waals surface area contributed by atoms with Crippen LogP contribution in [0.2, 0.25) is 0 Å². The molecule has 0 unspecified atom stereocenters. The molecular formula is C16H22N2O2. The number of para-hydroxylation sites is 1. The van der Waals surface area contributed by atoms with E-state index in [0.717, 1.165) is 50.1 Å². The molecule has 0 radical (unpaired) electrons. The molecule has 2 N–H and O–H groups in total. The second kappa shape index (κ2) is 7.88. The Kier molecular flexibility index (Phi) is 5.85. The van der Waals surface area contributed by atoms with Crippen LogP contribution in [0.5, 0.6) is 5.75 Å². The maximum absolute atomic E-state index is 9.49. The van der Waals surface area contributed by atoms with Gasteiger partial charge in [0.05, 0.1) is 6.10 Å². The molecule has 2 rings (SSSR count). The Bertz CT molecular complexity index is 448. The van der Waals surface area contributed by atoms with Crippen molar-refractivity contribution in [2.24, 2.45) is 5.92 Å². The van der Waals surface area contributed by atoms with Gasteiger partial charge in [0, 0.05) is 12.1 Å². The highest BCUT2D eigenvalue weighted by Gasteiger charge is 2.18. The van der Waals surface area contributed by atoms with Crippen LogP contribution < -0.4 is 10.1 Å². The number of ether oxygens (including phenoxy) is 1. The summed E-state index contributed by atoms with van der Waals surface area (Å²) >= 11 is 0. The molecule has 1 aromatic carbocycles. The van der Waals surface area contributed by atoms with Crippen molar-refractivity contribution >= 4 is 0 Å². The van der Waals surface area contributed by atoms with Gasteiger partial charge < -0.3 is 15.2 Å². The first kappa shape index (κ1) is 14.8. The molecule has 0 aliphatic heterocycles. The number of nitrogens with one attached hydrogen (secondary N) is 1. The van der Waals surface area contributed by atoms with Crippen LogP contribution in [0.4, 0.5) is 0 Å². The Morgan fingerprint density at radius 3 is 2.75 bits per heavy atom. The number of nitrogens with zero attached hydrogens (tertiary/aromatic N) is 1. The Morgan fingerprint density at radius 2 is 2.00 bits per heavy atom. The fourth-order valence-electron chi connectivity index (χ4n) is 2.66. The van der Waals surface area contributed by atoms with Gasteiger partial charge in [0.15, 0.2) is 6.61 Å². The van der Waals surface area contributed by atoms with Crippen LogP contribution in [-0.2, 0) is 6.54 Å². The Balaban J connectivity index is 1.77. The predicted octanol–water partition coefficient (Wildman–Crippen LogP) is 2.23. The van der Waals surface area contributed by atoms with Gasteiger partial charge in [-0.1, -0.05) is 18.2 Å². The smallest absolute Gasteiger partial charge is 0.174 e. The highest BCUT2D eigenvalue weighted by molar-refractivity contribution is 5.33. The van der Waals surface area contributed by atoms with Crippen LogP contribution in [-0.4, -0.2) is 24.4 Å². The van der Waals surface area contributed by atoms with Crippen molar-refractivity contribution in [1.82, 2.24) is 5.32 Å². The van der Waals surface area contributed by atoms with E-state index in [4.69, 9.17) is 10.00 Å². The molecule has 4 heteroatoms. The molecule has 0 atom stereocenters. The zero-order valence-corrected chi connectivity index (χ0v) is 11.7. The summed E-state index contributed by atoms with van der Waals surface area (Å²) in [4.78, 5) is 0. The zero-order chi connectivity index (χ0) is 14.2. The molecule has 1 fully saturated rings. The third-order valence-electron chi connectivity index (χ3n) is 3.83. The van der Waals surface area contributed by atoms with Crippen LogP contribution in [0.3, 0.4) is 0 Å². The molecule has 0 amide bonds. The van der Waals surface area contributed by atoms with Crippen LogP contribution in [0.15, 0.2) is 24.3 Å². The lowest BCUT2D eigenvalue weighted by atomic mass is 9.87. The van der Waals surface area contributed by atoms with E-state index in [0.29, 0.717) is 5.92 Å². The molecule has 0 saturated heterocycles. The van der Waals surface area contributed by atoms with E-state index in [-0.39, 0.29) is 12.7 Å². The Labute approximate surface area is 120 Å². The lowest BCUT2D eigenvalue weighted by Gasteiger charge is -2.25. The van der Waals surface area contributed by atoms with E-state index < -0.39 is 0 Å². The van der Waals surface area contributed by atoms with Crippen molar-refractivity contribution < 1.29 is 9.84 Å². The Hall–Kier alpha value is -1.57. The zero-order valence-electron chi connectivity index (χ0n) is 11.7. The fraction of sp³-hybridized carbons (Fsp3) is 0.562. The molecule has 1 aromatic rings. The molecule has 0 bridgehead atoms. The van der Waals surface area contributed by atoms with Gasteiger partial charge in [0.2, 0.25) is 0 Å². The third kappa shape index (κ3) is 4.52.